The van der Waals surface area contributed by atoms with Gasteiger partial charge in [0.1, 0.15) is 23.4 Å². The average Bonchev–Trinajstić information content (AvgIpc) is 3.22. The molecule has 340 valence electrons. The molecule has 4 unspecified atom stereocenters. The number of carboxylic acids is 1. The first-order valence-corrected chi connectivity index (χ1v) is 21.2. The second-order valence-corrected chi connectivity index (χ2v) is 17.3. The maximum absolute atomic E-state index is 14.1. The van der Waals surface area contributed by atoms with E-state index in [1.165, 1.54) is 0 Å². The van der Waals surface area contributed by atoms with E-state index in [0.29, 0.717) is 50.1 Å². The van der Waals surface area contributed by atoms with Crippen molar-refractivity contribution in [3.8, 4) is 5.75 Å². The minimum atomic E-state index is -1.25. The molecule has 0 saturated carbocycles. The standard InChI is InChI=1S/C42H57N3O8.C5H10N2O2/c1-27(2)26-52-33-20-18-31(19-21-33)24-35(40(49)50)43-39(48)37(28(3)4)45-38(47)32(22-29-14-10-8-11-15-29)25-36(46)34(23-30-16-12-9-13-17-30)44-41(51)53-42(5,6)7;6-5(8)7-1-3-9-4-2-7/h8-21,27-28,32,34-37,46H,22-26H2,1-7H3,(H,43,48)(H,44,51)(H,45,47)(H,49,50);1-4H2,(H2,6,8)/t32?,34?,35-,36?,37?;/m0./s1. The maximum Gasteiger partial charge on any atom is 0.407 e. The van der Waals surface area contributed by atoms with Crippen LogP contribution < -0.4 is 26.4 Å². The molecule has 0 radical (unpaired) electrons. The molecule has 0 spiro atoms. The Hall–Kier alpha value is -5.67. The van der Waals surface area contributed by atoms with Crippen LogP contribution in [0.5, 0.6) is 5.75 Å². The van der Waals surface area contributed by atoms with Crippen molar-refractivity contribution < 1.29 is 48.4 Å². The van der Waals surface area contributed by atoms with Gasteiger partial charge < -0.3 is 51.0 Å². The van der Waals surface area contributed by atoms with E-state index in [1.54, 1.807) is 63.8 Å². The number of nitrogens with zero attached hydrogens (tertiary/aromatic N) is 1. The number of hydrogen-bond acceptors (Lipinski definition) is 9. The van der Waals surface area contributed by atoms with Crippen molar-refractivity contribution in [1.82, 2.24) is 20.9 Å². The van der Waals surface area contributed by atoms with E-state index in [4.69, 9.17) is 19.9 Å². The largest absolute Gasteiger partial charge is 0.493 e. The van der Waals surface area contributed by atoms with E-state index in [9.17, 15) is 34.2 Å². The van der Waals surface area contributed by atoms with E-state index < -0.39 is 65.5 Å². The topological polar surface area (TPSA) is 219 Å². The second kappa shape index (κ2) is 25.3. The lowest BCUT2D eigenvalue weighted by atomic mass is 9.88. The van der Waals surface area contributed by atoms with Gasteiger partial charge in [0.2, 0.25) is 11.8 Å². The second-order valence-electron chi connectivity index (χ2n) is 17.3. The number of aliphatic carboxylic acids is 1. The highest BCUT2D eigenvalue weighted by Crippen LogP contribution is 2.21. The molecule has 15 nitrogen and oxygen atoms in total. The van der Waals surface area contributed by atoms with E-state index in [-0.39, 0.29) is 31.7 Å². The molecule has 1 aliphatic rings. The maximum atomic E-state index is 14.1. The number of urea groups is 1. The smallest absolute Gasteiger partial charge is 0.407 e. The van der Waals surface area contributed by atoms with E-state index >= 15 is 0 Å². The number of rotatable bonds is 19. The summed E-state index contributed by atoms with van der Waals surface area (Å²) < 4.78 is 16.2. The molecule has 1 fully saturated rings. The fraction of sp³-hybridized carbons (Fsp3) is 0.511. The fourth-order valence-electron chi connectivity index (χ4n) is 6.52. The number of benzene rings is 3. The summed E-state index contributed by atoms with van der Waals surface area (Å²) in [6.07, 6.45) is -1.36. The van der Waals surface area contributed by atoms with Crippen LogP contribution in [0, 0.1) is 17.8 Å². The Balaban J connectivity index is 0.00000100. The molecule has 3 aromatic rings. The zero-order chi connectivity index (χ0) is 45.8. The number of amides is 5. The molecule has 15 heteroatoms. The molecule has 4 rings (SSSR count). The van der Waals surface area contributed by atoms with E-state index in [0.717, 1.165) is 11.1 Å². The van der Waals surface area contributed by atoms with Crippen LogP contribution in [0.25, 0.3) is 0 Å². The third-order valence-electron chi connectivity index (χ3n) is 9.82. The summed E-state index contributed by atoms with van der Waals surface area (Å²) in [7, 11) is 0. The number of primary amides is 1. The molecular weight excluding hydrogens is 795 g/mol. The van der Waals surface area contributed by atoms with Crippen molar-refractivity contribution in [3.63, 3.8) is 0 Å². The summed E-state index contributed by atoms with van der Waals surface area (Å²) in [6, 6.07) is 22.3. The summed E-state index contributed by atoms with van der Waals surface area (Å²) >= 11 is 0. The number of carbonyl (C=O) groups is 5. The van der Waals surface area contributed by atoms with Gasteiger partial charge in [-0.05, 0) is 80.7 Å². The Bertz CT molecular complexity index is 1830. The SMILES string of the molecule is CC(C)COc1ccc(C[C@H](NC(=O)C(NC(=O)C(Cc2ccccc2)CC(O)C(Cc2ccccc2)NC(=O)OC(C)(C)C)C(C)C)C(=O)O)cc1.NC(=O)N1CCOCC1. The quantitative estimate of drug-likeness (QED) is 0.0935. The summed E-state index contributed by atoms with van der Waals surface area (Å²) in [5.74, 6) is -2.51. The zero-order valence-corrected chi connectivity index (χ0v) is 37.2. The summed E-state index contributed by atoms with van der Waals surface area (Å²) in [6.45, 7) is 15.9. The highest BCUT2D eigenvalue weighted by atomic mass is 16.6. The third-order valence-corrected chi connectivity index (χ3v) is 9.82. The van der Waals surface area contributed by atoms with Crippen molar-refractivity contribution in [2.24, 2.45) is 23.5 Å². The number of carbonyl (C=O) groups excluding carboxylic acids is 4. The Kier molecular flexibility index (Phi) is 20.7. The lowest BCUT2D eigenvalue weighted by molar-refractivity contribution is -0.142. The summed E-state index contributed by atoms with van der Waals surface area (Å²) in [5.41, 5.74) is 6.65. The predicted octanol–water partition coefficient (Wildman–Crippen LogP) is 5.12. The average molecular weight is 862 g/mol. The molecule has 0 bridgehead atoms. The Morgan fingerprint density at radius 2 is 1.31 bits per heavy atom. The number of morpholine rings is 1. The highest BCUT2D eigenvalue weighted by molar-refractivity contribution is 5.91. The van der Waals surface area contributed by atoms with Gasteiger partial charge in [-0.1, -0.05) is 100 Å². The van der Waals surface area contributed by atoms with Crippen molar-refractivity contribution in [1.29, 1.82) is 0 Å². The fourth-order valence-corrected chi connectivity index (χ4v) is 6.52. The molecule has 5 amide bonds. The molecule has 7 N–H and O–H groups in total. The molecule has 62 heavy (non-hydrogen) atoms. The van der Waals surface area contributed by atoms with Gasteiger partial charge in [0, 0.05) is 25.4 Å². The first-order valence-electron chi connectivity index (χ1n) is 21.2. The van der Waals surface area contributed by atoms with Crippen LogP contribution in [0.3, 0.4) is 0 Å². The lowest BCUT2D eigenvalue weighted by Crippen LogP contribution is -2.55. The van der Waals surface area contributed by atoms with Gasteiger partial charge in [0.15, 0.2) is 0 Å². The van der Waals surface area contributed by atoms with Gasteiger partial charge in [-0.3, -0.25) is 9.59 Å². The van der Waals surface area contributed by atoms with Crippen molar-refractivity contribution in [3.05, 3.63) is 102 Å². The van der Waals surface area contributed by atoms with Crippen molar-refractivity contribution >= 4 is 29.9 Å². The van der Waals surface area contributed by atoms with Gasteiger partial charge in [-0.25, -0.2) is 14.4 Å². The Morgan fingerprint density at radius 1 is 0.758 bits per heavy atom. The normalized spacial score (nSPS) is 15.2. The van der Waals surface area contributed by atoms with Gasteiger partial charge in [0.05, 0.1) is 32.0 Å². The van der Waals surface area contributed by atoms with Crippen LogP contribution in [0.2, 0.25) is 0 Å². The number of alkyl carbamates (subject to hydrolysis) is 1. The van der Waals surface area contributed by atoms with Crippen LogP contribution in [-0.2, 0) is 43.1 Å². The Labute approximate surface area is 366 Å². The summed E-state index contributed by atoms with van der Waals surface area (Å²) in [5, 5.41) is 30.0. The van der Waals surface area contributed by atoms with Gasteiger partial charge in [-0.15, -0.1) is 0 Å². The molecule has 1 aliphatic heterocycles. The Morgan fingerprint density at radius 3 is 1.79 bits per heavy atom. The number of aliphatic hydroxyl groups excluding tert-OH is 1. The molecule has 0 aliphatic carbocycles. The molecule has 3 aromatic carbocycles. The molecule has 5 atom stereocenters. The van der Waals surface area contributed by atoms with Gasteiger partial charge in [-0.2, -0.15) is 0 Å². The minimum Gasteiger partial charge on any atom is -0.493 e. The lowest BCUT2D eigenvalue weighted by Gasteiger charge is -2.30. The number of carboxylic acid groups (broad SMARTS) is 1. The monoisotopic (exact) mass is 861 g/mol. The van der Waals surface area contributed by atoms with Crippen LogP contribution >= 0.6 is 0 Å². The van der Waals surface area contributed by atoms with Crippen LogP contribution in [-0.4, -0.2) is 108 Å². The van der Waals surface area contributed by atoms with Crippen molar-refractivity contribution in [2.75, 3.05) is 32.9 Å². The number of nitrogens with one attached hydrogen (secondary N) is 3. The molecule has 0 aromatic heterocycles. The van der Waals surface area contributed by atoms with Crippen LogP contribution in [0.1, 0.15) is 71.6 Å². The number of ether oxygens (including phenoxy) is 3. The third kappa shape index (κ3) is 18.9. The zero-order valence-electron chi connectivity index (χ0n) is 37.2. The van der Waals surface area contributed by atoms with Gasteiger partial charge in [0.25, 0.3) is 0 Å². The van der Waals surface area contributed by atoms with E-state index in [2.05, 4.69) is 16.0 Å². The van der Waals surface area contributed by atoms with Crippen LogP contribution in [0.15, 0.2) is 84.9 Å². The van der Waals surface area contributed by atoms with Crippen molar-refractivity contribution in [2.45, 2.75) is 104 Å². The minimum absolute atomic E-state index is 0.0283. The molecular formula is C47H67N5O10. The summed E-state index contributed by atoms with van der Waals surface area (Å²) in [4.78, 5) is 64.9. The highest BCUT2D eigenvalue weighted by Gasteiger charge is 2.34. The first kappa shape index (κ1) is 50.7. The first-order chi connectivity index (χ1) is 29.3. The molecule has 1 heterocycles. The number of nitrogens with two attached hydrogens (primary N) is 1. The van der Waals surface area contributed by atoms with Gasteiger partial charge >= 0.3 is 18.1 Å². The molecule has 1 saturated heterocycles. The number of aliphatic hydroxyl groups is 1. The number of hydrogen-bond donors (Lipinski definition) is 6. The van der Waals surface area contributed by atoms with E-state index in [1.807, 2.05) is 74.5 Å². The predicted molar refractivity (Wildman–Crippen MR) is 236 cm³/mol. The van der Waals surface area contributed by atoms with Crippen LogP contribution in [0.4, 0.5) is 9.59 Å².